The highest BCUT2D eigenvalue weighted by atomic mass is 16.3. The van der Waals surface area contributed by atoms with Crippen LogP contribution in [-0.2, 0) is 0 Å². The molecule has 4 nitrogen and oxygen atoms in total. The van der Waals surface area contributed by atoms with E-state index in [1.54, 1.807) is 24.3 Å². The van der Waals surface area contributed by atoms with Crippen molar-refractivity contribution in [3.8, 4) is 0 Å². The second-order valence-corrected chi connectivity index (χ2v) is 6.73. The Balaban J connectivity index is 1.75. The van der Waals surface area contributed by atoms with E-state index in [4.69, 9.17) is 0 Å². The molecule has 1 amide bonds. The number of aliphatic hydroxyl groups is 1. The van der Waals surface area contributed by atoms with Crippen molar-refractivity contribution in [2.75, 3.05) is 13.1 Å². The lowest BCUT2D eigenvalue weighted by atomic mass is 9.76. The molecule has 1 spiro atoms. The van der Waals surface area contributed by atoms with Gasteiger partial charge in [-0.1, -0.05) is 18.6 Å². The van der Waals surface area contributed by atoms with Gasteiger partial charge in [-0.25, -0.2) is 0 Å². The van der Waals surface area contributed by atoms with Gasteiger partial charge in [0.15, 0.2) is 5.78 Å². The average Bonchev–Trinajstić information content (AvgIpc) is 2.87. The Hall–Kier alpha value is -1.68. The van der Waals surface area contributed by atoms with Gasteiger partial charge in [0.1, 0.15) is 0 Å². The number of piperidine rings is 1. The predicted octanol–water partition coefficient (Wildman–Crippen LogP) is 2.66. The molecule has 2 fully saturated rings. The normalized spacial score (nSPS) is 28.1. The maximum absolute atomic E-state index is 12.7. The molecule has 3 rings (SSSR count). The van der Waals surface area contributed by atoms with E-state index in [1.807, 2.05) is 4.90 Å². The van der Waals surface area contributed by atoms with Crippen LogP contribution in [0.25, 0.3) is 0 Å². The molecule has 1 aromatic carbocycles. The molecule has 1 aliphatic heterocycles. The predicted molar refractivity (Wildman–Crippen MR) is 83.9 cm³/mol. The standard InChI is InChI=1S/C18H23NO3/c1-13(20)14-5-7-15(8-6-14)17(22)19-11-3-10-18(12-19)9-2-4-16(18)21/h5-8,16,21H,2-4,9-12H2,1H3/t16-,18-/m1/s1. The fourth-order valence-electron chi connectivity index (χ4n) is 3.96. The van der Waals surface area contributed by atoms with E-state index < -0.39 is 0 Å². The molecule has 1 saturated heterocycles. The fraction of sp³-hybridized carbons (Fsp3) is 0.556. The monoisotopic (exact) mass is 301 g/mol. The van der Waals surface area contributed by atoms with Crippen LogP contribution in [-0.4, -0.2) is 40.9 Å². The van der Waals surface area contributed by atoms with Crippen molar-refractivity contribution in [2.45, 2.75) is 45.1 Å². The van der Waals surface area contributed by atoms with Gasteiger partial charge in [0.05, 0.1) is 6.10 Å². The summed E-state index contributed by atoms with van der Waals surface area (Å²) < 4.78 is 0. The summed E-state index contributed by atoms with van der Waals surface area (Å²) in [5.74, 6) is 0.0123. The Morgan fingerprint density at radius 3 is 2.36 bits per heavy atom. The second kappa shape index (κ2) is 5.84. The maximum Gasteiger partial charge on any atom is 0.253 e. The summed E-state index contributed by atoms with van der Waals surface area (Å²) in [7, 11) is 0. The average molecular weight is 301 g/mol. The Bertz CT molecular complexity index is 580. The lowest BCUT2D eigenvalue weighted by molar-refractivity contribution is -0.00536. The third kappa shape index (κ3) is 2.68. The van der Waals surface area contributed by atoms with Crippen LogP contribution >= 0.6 is 0 Å². The van der Waals surface area contributed by atoms with E-state index in [0.29, 0.717) is 17.7 Å². The van der Waals surface area contributed by atoms with Gasteiger partial charge in [-0.05, 0) is 44.7 Å². The highest BCUT2D eigenvalue weighted by Gasteiger charge is 2.45. The van der Waals surface area contributed by atoms with Crippen molar-refractivity contribution in [3.05, 3.63) is 35.4 Å². The molecular formula is C18H23NO3. The molecule has 4 heteroatoms. The van der Waals surface area contributed by atoms with Crippen LogP contribution in [0.1, 0.15) is 59.7 Å². The highest BCUT2D eigenvalue weighted by molar-refractivity contribution is 5.97. The van der Waals surface area contributed by atoms with E-state index >= 15 is 0 Å². The fourth-order valence-corrected chi connectivity index (χ4v) is 3.96. The summed E-state index contributed by atoms with van der Waals surface area (Å²) in [6.45, 7) is 2.93. The molecule has 22 heavy (non-hydrogen) atoms. The minimum Gasteiger partial charge on any atom is -0.392 e. The molecule has 118 valence electrons. The summed E-state index contributed by atoms with van der Waals surface area (Å²) in [6, 6.07) is 6.87. The van der Waals surface area contributed by atoms with E-state index in [9.17, 15) is 14.7 Å². The lowest BCUT2D eigenvalue weighted by Crippen LogP contribution is -2.49. The number of hydrogen-bond acceptors (Lipinski definition) is 3. The first kappa shape index (κ1) is 15.2. The largest absolute Gasteiger partial charge is 0.392 e. The second-order valence-electron chi connectivity index (χ2n) is 6.73. The molecule has 1 aliphatic carbocycles. The van der Waals surface area contributed by atoms with Crippen LogP contribution in [0.5, 0.6) is 0 Å². The van der Waals surface area contributed by atoms with Crippen molar-refractivity contribution in [1.29, 1.82) is 0 Å². The van der Waals surface area contributed by atoms with Crippen LogP contribution < -0.4 is 0 Å². The van der Waals surface area contributed by atoms with Gasteiger partial charge in [0.25, 0.3) is 5.91 Å². The topological polar surface area (TPSA) is 57.6 Å². The first-order valence-electron chi connectivity index (χ1n) is 8.10. The minimum absolute atomic E-state index is 0.00463. The van der Waals surface area contributed by atoms with Crippen molar-refractivity contribution in [3.63, 3.8) is 0 Å². The van der Waals surface area contributed by atoms with Gasteiger partial charge in [0.2, 0.25) is 0 Å². The van der Waals surface area contributed by atoms with E-state index in [0.717, 1.165) is 38.6 Å². The van der Waals surface area contributed by atoms with Crippen LogP contribution in [0.3, 0.4) is 0 Å². The third-order valence-corrected chi connectivity index (χ3v) is 5.29. The van der Waals surface area contributed by atoms with Crippen molar-refractivity contribution in [1.82, 2.24) is 4.90 Å². The van der Waals surface area contributed by atoms with Gasteiger partial charge >= 0.3 is 0 Å². The number of rotatable bonds is 2. The van der Waals surface area contributed by atoms with Crippen LogP contribution in [0.2, 0.25) is 0 Å². The van der Waals surface area contributed by atoms with Crippen molar-refractivity contribution >= 4 is 11.7 Å². The van der Waals surface area contributed by atoms with E-state index in [2.05, 4.69) is 0 Å². The van der Waals surface area contributed by atoms with Gasteiger partial charge in [-0.3, -0.25) is 9.59 Å². The molecule has 2 atom stereocenters. The number of hydrogen-bond donors (Lipinski definition) is 1. The number of nitrogens with zero attached hydrogens (tertiary/aromatic N) is 1. The molecule has 0 aromatic heterocycles. The number of aliphatic hydroxyl groups excluding tert-OH is 1. The number of likely N-dealkylation sites (tertiary alicyclic amines) is 1. The Morgan fingerprint density at radius 1 is 1.14 bits per heavy atom. The number of Topliss-reactive ketones (excluding diaryl/α,β-unsaturated/α-hetero) is 1. The molecule has 1 aromatic rings. The number of ketones is 1. The molecule has 2 aliphatic rings. The summed E-state index contributed by atoms with van der Waals surface area (Å²) in [5.41, 5.74) is 1.15. The minimum atomic E-state index is -0.275. The summed E-state index contributed by atoms with van der Waals surface area (Å²) in [5, 5.41) is 10.3. The molecule has 0 bridgehead atoms. The number of amides is 1. The van der Waals surface area contributed by atoms with Crippen LogP contribution in [0.4, 0.5) is 0 Å². The Labute approximate surface area is 131 Å². The smallest absolute Gasteiger partial charge is 0.253 e. The number of benzene rings is 1. The Kier molecular flexibility index (Phi) is 4.04. The Morgan fingerprint density at radius 2 is 1.77 bits per heavy atom. The lowest BCUT2D eigenvalue weighted by Gasteiger charge is -2.42. The zero-order valence-corrected chi connectivity index (χ0v) is 13.0. The molecule has 1 N–H and O–H groups in total. The third-order valence-electron chi connectivity index (χ3n) is 5.29. The van der Waals surface area contributed by atoms with Gasteiger partial charge in [-0.15, -0.1) is 0 Å². The number of carbonyl (C=O) groups is 2. The first-order valence-corrected chi connectivity index (χ1v) is 8.10. The van der Waals surface area contributed by atoms with Crippen molar-refractivity contribution in [2.24, 2.45) is 5.41 Å². The van der Waals surface area contributed by atoms with Gasteiger partial charge in [-0.2, -0.15) is 0 Å². The maximum atomic E-state index is 12.7. The number of carbonyl (C=O) groups excluding carboxylic acids is 2. The zero-order valence-electron chi connectivity index (χ0n) is 13.0. The van der Waals surface area contributed by atoms with Crippen molar-refractivity contribution < 1.29 is 14.7 Å². The van der Waals surface area contributed by atoms with Gasteiger partial charge in [0, 0.05) is 29.6 Å². The summed E-state index contributed by atoms with van der Waals surface area (Å²) >= 11 is 0. The van der Waals surface area contributed by atoms with Crippen LogP contribution in [0, 0.1) is 5.41 Å². The molecule has 0 unspecified atom stereocenters. The highest BCUT2D eigenvalue weighted by Crippen LogP contribution is 2.45. The quantitative estimate of drug-likeness (QED) is 0.854. The molecular weight excluding hydrogens is 278 g/mol. The van der Waals surface area contributed by atoms with E-state index in [-0.39, 0.29) is 23.2 Å². The van der Waals surface area contributed by atoms with E-state index in [1.165, 1.54) is 6.92 Å². The summed E-state index contributed by atoms with van der Waals surface area (Å²) in [4.78, 5) is 25.9. The summed E-state index contributed by atoms with van der Waals surface area (Å²) in [6.07, 6.45) is 4.62. The molecule has 1 saturated carbocycles. The van der Waals surface area contributed by atoms with Crippen LogP contribution in [0.15, 0.2) is 24.3 Å². The first-order chi connectivity index (χ1) is 10.5. The molecule has 1 heterocycles. The zero-order chi connectivity index (χ0) is 15.7. The van der Waals surface area contributed by atoms with Gasteiger partial charge < -0.3 is 10.0 Å². The molecule has 0 radical (unpaired) electrons. The SMILES string of the molecule is CC(=O)c1ccc(C(=O)N2CCC[C@]3(CCC[C@H]3O)C2)cc1.